The van der Waals surface area contributed by atoms with Crippen LogP contribution in [0, 0.1) is 0 Å². The van der Waals surface area contributed by atoms with Crippen molar-refractivity contribution in [3.8, 4) is 0 Å². The van der Waals surface area contributed by atoms with Crippen LogP contribution in [0.2, 0.25) is 5.02 Å². The first-order valence-corrected chi connectivity index (χ1v) is 7.86. The van der Waals surface area contributed by atoms with Gasteiger partial charge in [-0.2, -0.15) is 0 Å². The van der Waals surface area contributed by atoms with E-state index < -0.39 is 12.2 Å². The Morgan fingerprint density at radius 1 is 1.29 bits per heavy atom. The van der Waals surface area contributed by atoms with Crippen LogP contribution >= 0.6 is 11.6 Å². The Hall–Kier alpha value is -1.26. The Morgan fingerprint density at radius 3 is 2.57 bits per heavy atom. The maximum absolute atomic E-state index is 11.4. The second kappa shape index (κ2) is 7.66. The highest BCUT2D eigenvalue weighted by molar-refractivity contribution is 6.31. The van der Waals surface area contributed by atoms with E-state index in [-0.39, 0.29) is 12.6 Å². The third-order valence-electron chi connectivity index (χ3n) is 4.08. The molecule has 0 bridgehead atoms. The lowest BCUT2D eigenvalue weighted by atomic mass is 9.94. The number of halogens is 1. The average Bonchev–Trinajstić information content (AvgIpc) is 2.48. The van der Waals surface area contributed by atoms with Crippen LogP contribution in [0.1, 0.15) is 37.7 Å². The van der Waals surface area contributed by atoms with E-state index >= 15 is 0 Å². The van der Waals surface area contributed by atoms with Gasteiger partial charge in [0, 0.05) is 17.5 Å². The van der Waals surface area contributed by atoms with Crippen LogP contribution in [-0.2, 0) is 6.42 Å². The van der Waals surface area contributed by atoms with Gasteiger partial charge in [-0.05, 0) is 24.5 Å². The summed E-state index contributed by atoms with van der Waals surface area (Å²) in [7, 11) is 0. The van der Waals surface area contributed by atoms with Crippen molar-refractivity contribution in [1.82, 2.24) is 4.90 Å². The predicted molar refractivity (Wildman–Crippen MR) is 82.8 cm³/mol. The molecule has 0 saturated heterocycles. The summed E-state index contributed by atoms with van der Waals surface area (Å²) < 4.78 is 0. The predicted octanol–water partition coefficient (Wildman–Crippen LogP) is 3.56. The molecular weight excluding hydrogens is 290 g/mol. The van der Waals surface area contributed by atoms with Gasteiger partial charge < -0.3 is 15.1 Å². The molecule has 0 aliphatic heterocycles. The van der Waals surface area contributed by atoms with E-state index in [1.165, 1.54) is 11.3 Å². The molecule has 1 aromatic carbocycles. The van der Waals surface area contributed by atoms with E-state index in [9.17, 15) is 15.0 Å². The molecule has 0 radical (unpaired) electrons. The smallest absolute Gasteiger partial charge is 0.407 e. The third kappa shape index (κ3) is 4.61. The first kappa shape index (κ1) is 16.1. The van der Waals surface area contributed by atoms with Crippen molar-refractivity contribution in [1.29, 1.82) is 0 Å². The zero-order valence-electron chi connectivity index (χ0n) is 12.0. The van der Waals surface area contributed by atoms with Crippen LogP contribution in [0.15, 0.2) is 24.3 Å². The summed E-state index contributed by atoms with van der Waals surface area (Å²) in [6, 6.07) is 7.38. The summed E-state index contributed by atoms with van der Waals surface area (Å²) >= 11 is 6.08. The zero-order chi connectivity index (χ0) is 15.2. The third-order valence-corrected chi connectivity index (χ3v) is 4.45. The van der Waals surface area contributed by atoms with Gasteiger partial charge >= 0.3 is 6.09 Å². The molecule has 1 aromatic rings. The number of hydrogen-bond donors (Lipinski definition) is 2. The van der Waals surface area contributed by atoms with Gasteiger partial charge in [-0.25, -0.2) is 4.79 Å². The molecule has 1 fully saturated rings. The normalized spacial score (nSPS) is 17.4. The fraction of sp³-hybridized carbons (Fsp3) is 0.562. The number of hydrogen-bond acceptors (Lipinski definition) is 2. The molecule has 1 amide bonds. The minimum Gasteiger partial charge on any atom is -0.465 e. The van der Waals surface area contributed by atoms with Crippen LogP contribution in [0.3, 0.4) is 0 Å². The van der Waals surface area contributed by atoms with Crippen LogP contribution in [-0.4, -0.2) is 39.9 Å². The van der Waals surface area contributed by atoms with Crippen molar-refractivity contribution in [3.05, 3.63) is 34.9 Å². The minimum absolute atomic E-state index is 0.0390. The van der Waals surface area contributed by atoms with E-state index in [4.69, 9.17) is 11.6 Å². The monoisotopic (exact) mass is 311 g/mol. The van der Waals surface area contributed by atoms with Crippen molar-refractivity contribution in [3.63, 3.8) is 0 Å². The van der Waals surface area contributed by atoms with Crippen molar-refractivity contribution in [2.75, 3.05) is 6.54 Å². The van der Waals surface area contributed by atoms with Gasteiger partial charge in [0.2, 0.25) is 0 Å². The van der Waals surface area contributed by atoms with E-state index in [0.717, 1.165) is 31.2 Å². The second-order valence-electron chi connectivity index (χ2n) is 5.68. The molecule has 1 aliphatic carbocycles. The number of carbonyl (C=O) groups is 1. The highest BCUT2D eigenvalue weighted by Crippen LogP contribution is 2.24. The molecule has 21 heavy (non-hydrogen) atoms. The molecule has 1 aliphatic rings. The average molecular weight is 312 g/mol. The molecule has 0 spiro atoms. The Balaban J connectivity index is 1.96. The lowest BCUT2D eigenvalue weighted by Crippen LogP contribution is -2.45. The first-order valence-electron chi connectivity index (χ1n) is 7.49. The zero-order valence-corrected chi connectivity index (χ0v) is 12.8. The van der Waals surface area contributed by atoms with Crippen LogP contribution in [0.4, 0.5) is 4.79 Å². The van der Waals surface area contributed by atoms with Gasteiger partial charge in [-0.15, -0.1) is 0 Å². The van der Waals surface area contributed by atoms with E-state index in [1.807, 2.05) is 18.2 Å². The molecule has 2 N–H and O–H groups in total. The van der Waals surface area contributed by atoms with Gasteiger partial charge in [0.05, 0.1) is 12.6 Å². The fourth-order valence-corrected chi connectivity index (χ4v) is 3.20. The number of aliphatic hydroxyl groups excluding tert-OH is 1. The van der Waals surface area contributed by atoms with Crippen molar-refractivity contribution >= 4 is 17.7 Å². The molecule has 0 aromatic heterocycles. The molecule has 1 saturated carbocycles. The van der Waals surface area contributed by atoms with Crippen molar-refractivity contribution in [2.24, 2.45) is 0 Å². The molecule has 1 atom stereocenters. The highest BCUT2D eigenvalue weighted by Gasteiger charge is 2.27. The van der Waals surface area contributed by atoms with E-state index in [2.05, 4.69) is 0 Å². The lowest BCUT2D eigenvalue weighted by Gasteiger charge is -2.33. The maximum Gasteiger partial charge on any atom is 0.407 e. The Kier molecular flexibility index (Phi) is 5.88. The topological polar surface area (TPSA) is 60.8 Å². The molecule has 0 heterocycles. The molecule has 4 nitrogen and oxygen atoms in total. The number of rotatable bonds is 5. The lowest BCUT2D eigenvalue weighted by molar-refractivity contribution is 0.0668. The van der Waals surface area contributed by atoms with Gasteiger partial charge in [-0.3, -0.25) is 0 Å². The van der Waals surface area contributed by atoms with Gasteiger partial charge in [0.1, 0.15) is 0 Å². The van der Waals surface area contributed by atoms with Gasteiger partial charge in [0.25, 0.3) is 0 Å². The number of carboxylic acid groups (broad SMARTS) is 1. The number of nitrogens with zero attached hydrogens (tertiary/aromatic N) is 1. The summed E-state index contributed by atoms with van der Waals surface area (Å²) in [6.07, 6.45) is 3.78. The fourth-order valence-electron chi connectivity index (χ4n) is 2.99. The molecule has 2 rings (SSSR count). The molecular formula is C16H22ClNO3. The largest absolute Gasteiger partial charge is 0.465 e. The first-order chi connectivity index (χ1) is 10.1. The SMILES string of the molecule is O=C(O)N(CC(O)Cc1ccccc1Cl)C1CCCCC1. The summed E-state index contributed by atoms with van der Waals surface area (Å²) in [5, 5.41) is 20.2. The van der Waals surface area contributed by atoms with Gasteiger partial charge in [0.15, 0.2) is 0 Å². The Labute approximate surface area is 130 Å². The summed E-state index contributed by atoms with van der Waals surface area (Å²) in [5.41, 5.74) is 0.848. The summed E-state index contributed by atoms with van der Waals surface area (Å²) in [6.45, 7) is 0.144. The van der Waals surface area contributed by atoms with Crippen molar-refractivity contribution in [2.45, 2.75) is 50.7 Å². The van der Waals surface area contributed by atoms with Crippen LogP contribution in [0.25, 0.3) is 0 Å². The molecule has 1 unspecified atom stereocenters. The van der Waals surface area contributed by atoms with E-state index in [1.54, 1.807) is 6.07 Å². The van der Waals surface area contributed by atoms with Crippen molar-refractivity contribution < 1.29 is 15.0 Å². The van der Waals surface area contributed by atoms with E-state index in [0.29, 0.717) is 11.4 Å². The molecule has 5 heteroatoms. The summed E-state index contributed by atoms with van der Waals surface area (Å²) in [4.78, 5) is 12.8. The summed E-state index contributed by atoms with van der Waals surface area (Å²) in [5.74, 6) is 0. The quantitative estimate of drug-likeness (QED) is 0.874. The van der Waals surface area contributed by atoms with Gasteiger partial charge in [-0.1, -0.05) is 49.1 Å². The number of benzene rings is 1. The Morgan fingerprint density at radius 2 is 1.95 bits per heavy atom. The maximum atomic E-state index is 11.4. The Bertz CT molecular complexity index is 474. The van der Waals surface area contributed by atoms with Crippen LogP contribution < -0.4 is 0 Å². The number of aliphatic hydroxyl groups is 1. The molecule has 116 valence electrons. The second-order valence-corrected chi connectivity index (χ2v) is 6.08. The van der Waals surface area contributed by atoms with Crippen LogP contribution in [0.5, 0.6) is 0 Å². The number of amides is 1. The highest BCUT2D eigenvalue weighted by atomic mass is 35.5. The standard InChI is InChI=1S/C16H22ClNO3/c17-15-9-5-4-6-12(15)10-14(19)11-18(16(20)21)13-7-2-1-3-8-13/h4-6,9,13-14,19H,1-3,7-8,10-11H2,(H,20,21). The minimum atomic E-state index is -0.944.